The van der Waals surface area contributed by atoms with Gasteiger partial charge in [0.05, 0.1) is 12.1 Å². The summed E-state index contributed by atoms with van der Waals surface area (Å²) in [5, 5.41) is 6.97. The summed E-state index contributed by atoms with van der Waals surface area (Å²) < 4.78 is 7.13. The molecule has 5 heteroatoms. The average Bonchev–Trinajstić information content (AvgIpc) is 2.87. The summed E-state index contributed by atoms with van der Waals surface area (Å²) in [5.41, 5.74) is 0.451. The summed E-state index contributed by atoms with van der Waals surface area (Å²) in [6.45, 7) is 2.77. The van der Waals surface area contributed by atoms with Gasteiger partial charge in [-0.3, -0.25) is 9.48 Å². The lowest BCUT2D eigenvalue weighted by atomic mass is 10.1. The van der Waals surface area contributed by atoms with Crippen LogP contribution in [-0.4, -0.2) is 34.4 Å². The number of ether oxygens (including phenoxy) is 1. The summed E-state index contributed by atoms with van der Waals surface area (Å²) in [5.74, 6) is -0.136. The van der Waals surface area contributed by atoms with E-state index in [1.54, 1.807) is 24.0 Å². The highest BCUT2D eigenvalue weighted by Crippen LogP contribution is 2.15. The third-order valence-electron chi connectivity index (χ3n) is 2.83. The van der Waals surface area contributed by atoms with Gasteiger partial charge in [0.2, 0.25) is 0 Å². The number of carbonyl (C=O) groups excluding carboxylic acids is 1. The molecule has 1 aliphatic rings. The lowest BCUT2D eigenvalue weighted by Gasteiger charge is -2.19. The van der Waals surface area contributed by atoms with Gasteiger partial charge < -0.3 is 10.1 Å². The third-order valence-corrected chi connectivity index (χ3v) is 2.83. The van der Waals surface area contributed by atoms with E-state index in [4.69, 9.17) is 4.74 Å². The van der Waals surface area contributed by atoms with E-state index in [0.29, 0.717) is 5.69 Å². The van der Waals surface area contributed by atoms with Crippen LogP contribution >= 0.6 is 0 Å². The van der Waals surface area contributed by atoms with E-state index in [-0.39, 0.29) is 18.1 Å². The second-order valence-corrected chi connectivity index (χ2v) is 4.19. The van der Waals surface area contributed by atoms with Gasteiger partial charge >= 0.3 is 0 Å². The first-order valence-corrected chi connectivity index (χ1v) is 5.59. The Hall–Kier alpha value is -1.36. The molecule has 5 nitrogen and oxygen atoms in total. The van der Waals surface area contributed by atoms with Gasteiger partial charge in [-0.25, -0.2) is 0 Å². The standard InChI is InChI=1S/C11H17N3O2/c1-8(10-4-3-7-16-10)12-11(15)9-5-6-14(2)13-9/h5-6,8,10H,3-4,7H2,1-2H3,(H,12,15)/t8-,10-/m0/s1. The summed E-state index contributed by atoms with van der Waals surface area (Å²) in [4.78, 5) is 11.8. The zero-order chi connectivity index (χ0) is 11.5. The topological polar surface area (TPSA) is 56.2 Å². The molecular formula is C11H17N3O2. The molecule has 0 radical (unpaired) electrons. The molecule has 1 aromatic rings. The van der Waals surface area contributed by atoms with Crippen LogP contribution in [0.4, 0.5) is 0 Å². The summed E-state index contributed by atoms with van der Waals surface area (Å²) in [6, 6.07) is 1.74. The van der Waals surface area contributed by atoms with Gasteiger partial charge in [0.25, 0.3) is 5.91 Å². The number of nitrogens with one attached hydrogen (secondary N) is 1. The lowest BCUT2D eigenvalue weighted by molar-refractivity contribution is 0.0709. The number of amides is 1. The molecule has 1 saturated heterocycles. The van der Waals surface area contributed by atoms with Crippen molar-refractivity contribution in [2.24, 2.45) is 7.05 Å². The first-order valence-electron chi connectivity index (χ1n) is 5.59. The number of carbonyl (C=O) groups is 1. The van der Waals surface area contributed by atoms with Crippen molar-refractivity contribution >= 4 is 5.91 Å². The van der Waals surface area contributed by atoms with Gasteiger partial charge in [-0.2, -0.15) is 5.10 Å². The molecule has 0 aromatic carbocycles. The van der Waals surface area contributed by atoms with Crippen LogP contribution < -0.4 is 5.32 Å². The zero-order valence-corrected chi connectivity index (χ0v) is 9.64. The van der Waals surface area contributed by atoms with E-state index < -0.39 is 0 Å². The van der Waals surface area contributed by atoms with Crippen molar-refractivity contribution < 1.29 is 9.53 Å². The van der Waals surface area contributed by atoms with E-state index >= 15 is 0 Å². The highest BCUT2D eigenvalue weighted by atomic mass is 16.5. The van der Waals surface area contributed by atoms with Crippen molar-refractivity contribution in [1.82, 2.24) is 15.1 Å². The molecule has 2 heterocycles. The van der Waals surface area contributed by atoms with Crippen molar-refractivity contribution in [1.29, 1.82) is 0 Å². The van der Waals surface area contributed by atoms with Gasteiger partial charge in [0.1, 0.15) is 5.69 Å². The maximum absolute atomic E-state index is 11.8. The van der Waals surface area contributed by atoms with Crippen molar-refractivity contribution in [2.45, 2.75) is 31.9 Å². The minimum absolute atomic E-state index is 0.0389. The Labute approximate surface area is 94.8 Å². The van der Waals surface area contributed by atoms with Gasteiger partial charge in [0, 0.05) is 19.9 Å². The molecule has 1 amide bonds. The first kappa shape index (κ1) is 11.1. The second-order valence-electron chi connectivity index (χ2n) is 4.19. The predicted molar refractivity (Wildman–Crippen MR) is 59.1 cm³/mol. The molecule has 1 fully saturated rings. The minimum Gasteiger partial charge on any atom is -0.376 e. The van der Waals surface area contributed by atoms with Crippen LogP contribution in [0.2, 0.25) is 0 Å². The Morgan fingerprint density at radius 3 is 3.12 bits per heavy atom. The number of nitrogens with zero attached hydrogens (tertiary/aromatic N) is 2. The smallest absolute Gasteiger partial charge is 0.272 e. The van der Waals surface area contributed by atoms with Crippen molar-refractivity contribution in [2.75, 3.05) is 6.61 Å². The number of aromatic nitrogens is 2. The largest absolute Gasteiger partial charge is 0.376 e. The molecule has 1 aliphatic heterocycles. The summed E-state index contributed by atoms with van der Waals surface area (Å²) >= 11 is 0. The molecule has 0 unspecified atom stereocenters. The molecule has 0 aliphatic carbocycles. The molecule has 16 heavy (non-hydrogen) atoms. The Morgan fingerprint density at radius 2 is 2.56 bits per heavy atom. The van der Waals surface area contributed by atoms with Gasteiger partial charge in [0.15, 0.2) is 0 Å². The van der Waals surface area contributed by atoms with Gasteiger partial charge in [-0.05, 0) is 25.8 Å². The van der Waals surface area contributed by atoms with Crippen molar-refractivity contribution in [3.05, 3.63) is 18.0 Å². The first-order chi connectivity index (χ1) is 7.66. The monoisotopic (exact) mass is 223 g/mol. The lowest BCUT2D eigenvalue weighted by Crippen LogP contribution is -2.41. The Balaban J connectivity index is 1.91. The minimum atomic E-state index is -0.136. The fourth-order valence-corrected chi connectivity index (χ4v) is 1.91. The zero-order valence-electron chi connectivity index (χ0n) is 9.64. The molecule has 2 rings (SSSR count). The van der Waals surface area contributed by atoms with Gasteiger partial charge in [-0.1, -0.05) is 0 Å². The Kier molecular flexibility index (Phi) is 3.24. The molecule has 88 valence electrons. The van der Waals surface area contributed by atoms with E-state index in [1.807, 2.05) is 6.92 Å². The van der Waals surface area contributed by atoms with E-state index in [1.165, 1.54) is 0 Å². The SMILES string of the molecule is C[C@H](NC(=O)c1ccn(C)n1)[C@@H]1CCCO1. The van der Waals surface area contributed by atoms with Crippen molar-refractivity contribution in [3.8, 4) is 0 Å². The quantitative estimate of drug-likeness (QED) is 0.821. The average molecular weight is 223 g/mol. The summed E-state index contributed by atoms with van der Waals surface area (Å²) in [7, 11) is 1.79. The van der Waals surface area contributed by atoms with Crippen LogP contribution in [-0.2, 0) is 11.8 Å². The molecule has 0 saturated carbocycles. The number of aryl methyl sites for hydroxylation is 1. The molecular weight excluding hydrogens is 206 g/mol. The normalized spacial score (nSPS) is 22.0. The highest BCUT2D eigenvalue weighted by molar-refractivity contribution is 5.92. The number of hydrogen-bond acceptors (Lipinski definition) is 3. The van der Waals surface area contributed by atoms with E-state index in [0.717, 1.165) is 19.4 Å². The molecule has 1 N–H and O–H groups in total. The maximum atomic E-state index is 11.8. The number of rotatable bonds is 3. The molecule has 2 atom stereocenters. The fraction of sp³-hybridized carbons (Fsp3) is 0.636. The van der Waals surface area contributed by atoms with Crippen LogP contribution in [0.5, 0.6) is 0 Å². The third kappa shape index (κ3) is 2.41. The van der Waals surface area contributed by atoms with Crippen LogP contribution in [0.1, 0.15) is 30.3 Å². The van der Waals surface area contributed by atoms with Gasteiger partial charge in [-0.15, -0.1) is 0 Å². The molecule has 0 spiro atoms. The Bertz CT molecular complexity index is 369. The molecule has 0 bridgehead atoms. The summed E-state index contributed by atoms with van der Waals surface area (Å²) in [6.07, 6.45) is 4.00. The predicted octanol–water partition coefficient (Wildman–Crippen LogP) is 0.717. The highest BCUT2D eigenvalue weighted by Gasteiger charge is 2.24. The Morgan fingerprint density at radius 1 is 1.75 bits per heavy atom. The van der Waals surface area contributed by atoms with Crippen molar-refractivity contribution in [3.63, 3.8) is 0 Å². The molecule has 1 aromatic heterocycles. The van der Waals surface area contributed by atoms with E-state index in [9.17, 15) is 4.79 Å². The van der Waals surface area contributed by atoms with Crippen LogP contribution in [0.25, 0.3) is 0 Å². The fourth-order valence-electron chi connectivity index (χ4n) is 1.91. The van der Waals surface area contributed by atoms with Crippen LogP contribution in [0, 0.1) is 0 Å². The van der Waals surface area contributed by atoms with Crippen LogP contribution in [0.3, 0.4) is 0 Å². The van der Waals surface area contributed by atoms with E-state index in [2.05, 4.69) is 10.4 Å². The number of hydrogen-bond donors (Lipinski definition) is 1. The maximum Gasteiger partial charge on any atom is 0.272 e. The van der Waals surface area contributed by atoms with Crippen LogP contribution in [0.15, 0.2) is 12.3 Å². The second kappa shape index (κ2) is 4.65.